The van der Waals surface area contributed by atoms with Crippen molar-refractivity contribution in [3.05, 3.63) is 45.7 Å². The van der Waals surface area contributed by atoms with Crippen molar-refractivity contribution >= 4 is 28.1 Å². The van der Waals surface area contributed by atoms with Crippen molar-refractivity contribution in [2.24, 2.45) is 12.1 Å². The first-order chi connectivity index (χ1) is 9.49. The summed E-state index contributed by atoms with van der Waals surface area (Å²) in [5.74, 6) is -0.586. The van der Waals surface area contributed by atoms with Crippen LogP contribution in [0.15, 0.2) is 34.0 Å². The van der Waals surface area contributed by atoms with Gasteiger partial charge in [-0.15, -0.1) is 0 Å². The average molecular weight is 337 g/mol. The second-order valence-corrected chi connectivity index (χ2v) is 5.09. The van der Waals surface area contributed by atoms with E-state index in [0.29, 0.717) is 4.47 Å². The minimum Gasteiger partial charge on any atom is -0.507 e. The highest BCUT2D eigenvalue weighted by Crippen LogP contribution is 2.21. The zero-order valence-corrected chi connectivity index (χ0v) is 12.5. The van der Waals surface area contributed by atoms with Gasteiger partial charge in [0.15, 0.2) is 0 Å². The number of hydrazone groups is 1. The molecular weight excluding hydrogens is 324 g/mol. The van der Waals surface area contributed by atoms with Gasteiger partial charge in [-0.2, -0.15) is 10.2 Å². The summed E-state index contributed by atoms with van der Waals surface area (Å²) in [6.07, 6.45) is 3.16. The van der Waals surface area contributed by atoms with Crippen LogP contribution in [0.4, 0.5) is 0 Å². The third-order valence-corrected chi connectivity index (χ3v) is 3.34. The Morgan fingerprint density at radius 2 is 2.30 bits per heavy atom. The van der Waals surface area contributed by atoms with Crippen molar-refractivity contribution in [1.29, 1.82) is 0 Å². The van der Waals surface area contributed by atoms with E-state index < -0.39 is 5.91 Å². The molecule has 0 aliphatic heterocycles. The quantitative estimate of drug-likeness (QED) is 0.664. The van der Waals surface area contributed by atoms with Crippen LogP contribution in [-0.2, 0) is 7.05 Å². The number of phenols is 1. The van der Waals surface area contributed by atoms with Gasteiger partial charge in [0.05, 0.1) is 18.0 Å². The zero-order valence-electron chi connectivity index (χ0n) is 11.0. The minimum absolute atomic E-state index is 0.107. The van der Waals surface area contributed by atoms with Crippen LogP contribution in [0.1, 0.15) is 21.6 Å². The third kappa shape index (κ3) is 3.05. The molecule has 0 unspecified atom stereocenters. The molecule has 0 aliphatic carbocycles. The summed E-state index contributed by atoms with van der Waals surface area (Å²) >= 11 is 3.21. The van der Waals surface area contributed by atoms with Crippen molar-refractivity contribution in [2.75, 3.05) is 0 Å². The van der Waals surface area contributed by atoms with E-state index in [2.05, 4.69) is 31.6 Å². The maximum absolute atomic E-state index is 11.8. The molecule has 1 heterocycles. The van der Waals surface area contributed by atoms with Crippen LogP contribution in [0.3, 0.4) is 0 Å². The summed E-state index contributed by atoms with van der Waals surface area (Å²) in [4.78, 5) is 11.8. The molecule has 2 rings (SSSR count). The third-order valence-electron chi connectivity index (χ3n) is 2.85. The molecule has 0 saturated carbocycles. The fraction of sp³-hybridized carbons (Fsp3) is 0.154. The lowest BCUT2D eigenvalue weighted by Gasteiger charge is -2.03. The van der Waals surface area contributed by atoms with Gasteiger partial charge in [0.2, 0.25) is 0 Å². The second kappa shape index (κ2) is 5.87. The monoisotopic (exact) mass is 336 g/mol. The molecule has 0 radical (unpaired) electrons. The first-order valence-corrected chi connectivity index (χ1v) is 6.59. The lowest BCUT2D eigenvalue weighted by Crippen LogP contribution is -2.17. The number of carbonyl (C=O) groups is 1. The molecule has 0 fully saturated rings. The van der Waals surface area contributed by atoms with E-state index in [1.54, 1.807) is 16.9 Å². The Morgan fingerprint density at radius 3 is 2.90 bits per heavy atom. The largest absolute Gasteiger partial charge is 0.507 e. The van der Waals surface area contributed by atoms with Crippen LogP contribution in [0.2, 0.25) is 0 Å². The van der Waals surface area contributed by atoms with Crippen LogP contribution in [0.25, 0.3) is 0 Å². The summed E-state index contributed by atoms with van der Waals surface area (Å²) in [7, 11) is 1.82. The summed E-state index contributed by atoms with van der Waals surface area (Å²) < 4.78 is 2.41. The van der Waals surface area contributed by atoms with Gasteiger partial charge < -0.3 is 5.11 Å². The predicted octanol–water partition coefficient (Wildman–Crippen LogP) is 1.96. The number of carbonyl (C=O) groups excluding carboxylic acids is 1. The highest BCUT2D eigenvalue weighted by Gasteiger charge is 2.10. The summed E-state index contributed by atoms with van der Waals surface area (Å²) in [5, 5.41) is 17.6. The van der Waals surface area contributed by atoms with E-state index in [4.69, 9.17) is 0 Å². The maximum atomic E-state index is 11.8. The molecule has 1 aromatic carbocycles. The topological polar surface area (TPSA) is 79.5 Å². The molecule has 0 bridgehead atoms. The fourth-order valence-corrected chi connectivity index (χ4v) is 1.91. The average Bonchev–Trinajstić information content (AvgIpc) is 2.70. The normalized spacial score (nSPS) is 10.9. The molecular formula is C13H13BrN4O2. The Hall–Kier alpha value is -2.15. The maximum Gasteiger partial charge on any atom is 0.275 e. The first kappa shape index (κ1) is 14.3. The molecule has 1 aromatic heterocycles. The highest BCUT2D eigenvalue weighted by atomic mass is 79.9. The summed E-state index contributed by atoms with van der Waals surface area (Å²) in [6.45, 7) is 1.90. The Kier molecular flexibility index (Phi) is 4.19. The van der Waals surface area contributed by atoms with Gasteiger partial charge in [0.25, 0.3) is 5.91 Å². The molecule has 2 aromatic rings. The molecule has 6 nitrogen and oxygen atoms in total. The Bertz CT molecular complexity index is 679. The number of aryl methyl sites for hydroxylation is 1. The van der Waals surface area contributed by atoms with Gasteiger partial charge in [0.1, 0.15) is 5.75 Å². The Labute approximate surface area is 124 Å². The van der Waals surface area contributed by atoms with E-state index in [-0.39, 0.29) is 11.3 Å². The van der Waals surface area contributed by atoms with Gasteiger partial charge in [0, 0.05) is 22.8 Å². The molecule has 0 atom stereocenters. The number of aromatic nitrogens is 2. The van der Waals surface area contributed by atoms with Gasteiger partial charge in [-0.3, -0.25) is 9.48 Å². The number of phenolic OH excluding ortho intramolecular Hbond substituents is 1. The molecule has 20 heavy (non-hydrogen) atoms. The standard InChI is InChI=1S/C13H13BrN4O2/c1-8-9(7-16-18(8)2)6-15-17-13(20)11-4-3-10(14)5-12(11)19/h3-7,19H,1-2H3,(H,17,20)/b15-6-. The number of aromatic hydroxyl groups is 1. The van der Waals surface area contributed by atoms with E-state index >= 15 is 0 Å². The van der Waals surface area contributed by atoms with Gasteiger partial charge >= 0.3 is 0 Å². The number of nitrogens with one attached hydrogen (secondary N) is 1. The SMILES string of the molecule is Cc1c(/C=N\NC(=O)c2ccc(Br)cc2O)cnn1C. The number of benzene rings is 1. The number of hydrogen-bond donors (Lipinski definition) is 2. The van der Waals surface area contributed by atoms with Gasteiger partial charge in [-0.1, -0.05) is 15.9 Å². The summed E-state index contributed by atoms with van der Waals surface area (Å²) in [6, 6.07) is 4.63. The van der Waals surface area contributed by atoms with Crippen LogP contribution in [-0.4, -0.2) is 27.0 Å². The zero-order chi connectivity index (χ0) is 14.7. The molecule has 0 spiro atoms. The van der Waals surface area contributed by atoms with Crippen molar-refractivity contribution in [3.8, 4) is 5.75 Å². The van der Waals surface area contributed by atoms with Crippen molar-refractivity contribution in [2.45, 2.75) is 6.92 Å². The van der Waals surface area contributed by atoms with Crippen LogP contribution < -0.4 is 5.43 Å². The number of nitrogens with zero attached hydrogens (tertiary/aromatic N) is 3. The van der Waals surface area contributed by atoms with E-state index in [9.17, 15) is 9.90 Å². The van der Waals surface area contributed by atoms with Crippen molar-refractivity contribution in [1.82, 2.24) is 15.2 Å². The molecule has 0 saturated heterocycles. The van der Waals surface area contributed by atoms with Crippen molar-refractivity contribution in [3.63, 3.8) is 0 Å². The van der Waals surface area contributed by atoms with Crippen LogP contribution >= 0.6 is 15.9 Å². The minimum atomic E-state index is -0.479. The highest BCUT2D eigenvalue weighted by molar-refractivity contribution is 9.10. The number of halogens is 1. The molecule has 104 valence electrons. The van der Waals surface area contributed by atoms with E-state index in [1.807, 2.05) is 14.0 Å². The first-order valence-electron chi connectivity index (χ1n) is 5.79. The van der Waals surface area contributed by atoms with Crippen molar-refractivity contribution < 1.29 is 9.90 Å². The van der Waals surface area contributed by atoms with E-state index in [0.717, 1.165) is 11.3 Å². The molecule has 1 amide bonds. The molecule has 0 aliphatic rings. The number of hydrogen-bond acceptors (Lipinski definition) is 4. The van der Waals surface area contributed by atoms with Gasteiger partial charge in [-0.05, 0) is 25.1 Å². The van der Waals surface area contributed by atoms with Crippen LogP contribution in [0.5, 0.6) is 5.75 Å². The Balaban J connectivity index is 2.07. The summed E-state index contributed by atoms with van der Waals surface area (Å²) in [5.41, 5.74) is 4.27. The van der Waals surface area contributed by atoms with E-state index in [1.165, 1.54) is 18.3 Å². The number of rotatable bonds is 3. The molecule has 7 heteroatoms. The molecule has 2 N–H and O–H groups in total. The lowest BCUT2D eigenvalue weighted by molar-refractivity contribution is 0.0952. The predicted molar refractivity (Wildman–Crippen MR) is 78.8 cm³/mol. The smallest absolute Gasteiger partial charge is 0.275 e. The lowest BCUT2D eigenvalue weighted by atomic mass is 10.2. The number of amides is 1. The van der Waals surface area contributed by atoms with Crippen LogP contribution in [0, 0.1) is 6.92 Å². The Morgan fingerprint density at radius 1 is 1.55 bits per heavy atom. The second-order valence-electron chi connectivity index (χ2n) is 4.17. The van der Waals surface area contributed by atoms with Gasteiger partial charge in [-0.25, -0.2) is 5.43 Å². The fourth-order valence-electron chi connectivity index (χ4n) is 1.56.